The zero-order valence-corrected chi connectivity index (χ0v) is 18.6. The van der Waals surface area contributed by atoms with E-state index in [1.54, 1.807) is 0 Å². The Morgan fingerprint density at radius 2 is 1.78 bits per heavy atom. The van der Waals surface area contributed by atoms with Gasteiger partial charge in [-0.05, 0) is 36.4 Å². The summed E-state index contributed by atoms with van der Waals surface area (Å²) in [4.78, 5) is 12.0. The van der Waals surface area contributed by atoms with Gasteiger partial charge in [-0.15, -0.1) is 0 Å². The molecule has 3 rings (SSSR count). The highest BCUT2D eigenvalue weighted by Gasteiger charge is 2.33. The molecule has 174 valence electrons. The van der Waals surface area contributed by atoms with Crippen molar-refractivity contribution in [2.45, 2.75) is 11.1 Å². The first-order valence-corrected chi connectivity index (χ1v) is 11.3. The Morgan fingerprint density at radius 3 is 2.41 bits per heavy atom. The van der Waals surface area contributed by atoms with Gasteiger partial charge >= 0.3 is 6.18 Å². The van der Waals surface area contributed by atoms with Crippen LogP contribution < -0.4 is 10.1 Å². The number of alkyl halides is 3. The van der Waals surface area contributed by atoms with Gasteiger partial charge in [0.15, 0.2) is 6.61 Å². The largest absolute Gasteiger partial charge is 0.482 e. The number of ether oxygens (including phenoxy) is 2. The number of morpholine rings is 1. The first-order chi connectivity index (χ1) is 15.0. The molecule has 1 aliphatic rings. The molecular formula is C19H17Cl2F3N2O5S. The maximum absolute atomic E-state index is 12.9. The second-order valence-corrected chi connectivity index (χ2v) is 9.39. The van der Waals surface area contributed by atoms with Gasteiger partial charge < -0.3 is 14.8 Å². The Kier molecular flexibility index (Phi) is 7.56. The molecule has 1 amide bonds. The fraction of sp³-hybridized carbons (Fsp3) is 0.316. The monoisotopic (exact) mass is 512 g/mol. The summed E-state index contributed by atoms with van der Waals surface area (Å²) in [5.74, 6) is -0.712. The van der Waals surface area contributed by atoms with Gasteiger partial charge in [0.25, 0.3) is 5.91 Å². The van der Waals surface area contributed by atoms with Crippen molar-refractivity contribution in [1.82, 2.24) is 4.31 Å². The second kappa shape index (κ2) is 9.84. The molecule has 1 N–H and O–H groups in total. The molecule has 0 saturated carbocycles. The van der Waals surface area contributed by atoms with Crippen molar-refractivity contribution in [3.05, 3.63) is 52.0 Å². The van der Waals surface area contributed by atoms with Crippen LogP contribution in [0.2, 0.25) is 10.0 Å². The molecule has 1 saturated heterocycles. The highest BCUT2D eigenvalue weighted by Crippen LogP contribution is 2.36. The Morgan fingerprint density at radius 1 is 1.09 bits per heavy atom. The topological polar surface area (TPSA) is 84.9 Å². The minimum atomic E-state index is -4.68. The molecule has 1 heterocycles. The molecule has 0 spiro atoms. The van der Waals surface area contributed by atoms with E-state index in [4.69, 9.17) is 32.7 Å². The van der Waals surface area contributed by atoms with Gasteiger partial charge in [0.05, 0.1) is 33.7 Å². The van der Waals surface area contributed by atoms with Crippen LogP contribution in [0.15, 0.2) is 41.3 Å². The van der Waals surface area contributed by atoms with Crippen LogP contribution in [0, 0.1) is 0 Å². The van der Waals surface area contributed by atoms with Crippen molar-refractivity contribution in [2.75, 3.05) is 38.2 Å². The molecule has 0 aliphatic carbocycles. The van der Waals surface area contributed by atoms with Crippen LogP contribution in [0.3, 0.4) is 0 Å². The van der Waals surface area contributed by atoms with Crippen LogP contribution in [0.25, 0.3) is 0 Å². The summed E-state index contributed by atoms with van der Waals surface area (Å²) in [6.07, 6.45) is -4.68. The maximum atomic E-state index is 12.9. The van der Waals surface area contributed by atoms with Gasteiger partial charge in [-0.2, -0.15) is 17.5 Å². The number of amides is 1. The summed E-state index contributed by atoms with van der Waals surface area (Å²) < 4.78 is 75.8. The Bertz CT molecular complexity index is 1110. The van der Waals surface area contributed by atoms with Crippen molar-refractivity contribution in [1.29, 1.82) is 0 Å². The lowest BCUT2D eigenvalue weighted by Crippen LogP contribution is -2.40. The predicted octanol–water partition coefficient (Wildman–Crippen LogP) is 4.05. The predicted molar refractivity (Wildman–Crippen MR) is 112 cm³/mol. The Labute approximate surface area is 192 Å². The number of hydrogen-bond donors (Lipinski definition) is 1. The highest BCUT2D eigenvalue weighted by molar-refractivity contribution is 7.89. The van der Waals surface area contributed by atoms with E-state index in [-0.39, 0.29) is 34.4 Å². The van der Waals surface area contributed by atoms with E-state index < -0.39 is 39.3 Å². The molecular weight excluding hydrogens is 496 g/mol. The second-order valence-electron chi connectivity index (χ2n) is 6.64. The van der Waals surface area contributed by atoms with Gasteiger partial charge in [-0.3, -0.25) is 4.79 Å². The van der Waals surface area contributed by atoms with Crippen molar-refractivity contribution >= 4 is 44.8 Å². The van der Waals surface area contributed by atoms with E-state index in [0.29, 0.717) is 19.3 Å². The summed E-state index contributed by atoms with van der Waals surface area (Å²) in [5, 5.41) is 1.73. The summed E-state index contributed by atoms with van der Waals surface area (Å²) >= 11 is 11.6. The number of rotatable bonds is 6. The van der Waals surface area contributed by atoms with Crippen molar-refractivity contribution in [3.8, 4) is 5.75 Å². The van der Waals surface area contributed by atoms with Crippen LogP contribution >= 0.6 is 23.2 Å². The van der Waals surface area contributed by atoms with E-state index in [9.17, 15) is 26.4 Å². The highest BCUT2D eigenvalue weighted by atomic mass is 35.5. The van der Waals surface area contributed by atoms with Crippen molar-refractivity contribution in [2.24, 2.45) is 0 Å². The van der Waals surface area contributed by atoms with Gasteiger partial charge in [-0.25, -0.2) is 8.42 Å². The zero-order chi connectivity index (χ0) is 23.5. The van der Waals surface area contributed by atoms with E-state index in [1.165, 1.54) is 28.6 Å². The SMILES string of the molecule is O=C(COc1ccc(S(=O)(=O)N2CCOCC2)cc1Cl)Nc1ccc(Cl)c(C(F)(F)F)c1. The number of carbonyl (C=O) groups is 1. The van der Waals surface area contributed by atoms with Gasteiger partial charge in [0, 0.05) is 18.8 Å². The number of nitrogens with one attached hydrogen (secondary N) is 1. The number of hydrogen-bond acceptors (Lipinski definition) is 5. The van der Waals surface area contributed by atoms with Crippen LogP contribution in [-0.4, -0.2) is 51.5 Å². The fourth-order valence-electron chi connectivity index (χ4n) is 2.86. The average Bonchev–Trinajstić information content (AvgIpc) is 2.74. The molecule has 0 bridgehead atoms. The Balaban J connectivity index is 1.64. The molecule has 0 aromatic heterocycles. The van der Waals surface area contributed by atoms with Gasteiger partial charge in [0.2, 0.25) is 10.0 Å². The maximum Gasteiger partial charge on any atom is 0.417 e. The summed E-state index contributed by atoms with van der Waals surface area (Å²) in [6.45, 7) is 0.459. The van der Waals surface area contributed by atoms with Crippen LogP contribution in [-0.2, 0) is 25.7 Å². The lowest BCUT2D eigenvalue weighted by Gasteiger charge is -2.26. The van der Waals surface area contributed by atoms with E-state index in [0.717, 1.165) is 6.07 Å². The molecule has 1 aliphatic heterocycles. The lowest BCUT2D eigenvalue weighted by atomic mass is 10.2. The number of halogens is 5. The molecule has 2 aromatic rings. The van der Waals surface area contributed by atoms with Gasteiger partial charge in [-0.1, -0.05) is 23.2 Å². The number of sulfonamides is 1. The summed E-state index contributed by atoms with van der Waals surface area (Å²) in [7, 11) is -3.76. The molecule has 0 unspecified atom stereocenters. The summed E-state index contributed by atoms with van der Waals surface area (Å²) in [6, 6.07) is 6.73. The van der Waals surface area contributed by atoms with E-state index in [2.05, 4.69) is 5.32 Å². The minimum Gasteiger partial charge on any atom is -0.482 e. The zero-order valence-electron chi connectivity index (χ0n) is 16.3. The van der Waals surface area contributed by atoms with Crippen LogP contribution in [0.1, 0.15) is 5.56 Å². The van der Waals surface area contributed by atoms with Crippen molar-refractivity contribution in [3.63, 3.8) is 0 Å². The van der Waals surface area contributed by atoms with E-state index in [1.807, 2.05) is 0 Å². The smallest absolute Gasteiger partial charge is 0.417 e. The average molecular weight is 513 g/mol. The molecule has 13 heteroatoms. The first-order valence-electron chi connectivity index (χ1n) is 9.15. The van der Waals surface area contributed by atoms with Crippen LogP contribution in [0.4, 0.5) is 18.9 Å². The number of nitrogens with zero attached hydrogens (tertiary/aromatic N) is 1. The number of carbonyl (C=O) groups excluding carboxylic acids is 1. The first kappa shape index (κ1) is 24.6. The number of anilines is 1. The standard InChI is InChI=1S/C19H17Cl2F3N2O5S/c20-15-3-1-12(9-14(15)19(22,23)24)25-18(27)11-31-17-4-2-13(10-16(17)21)32(28,29)26-5-7-30-8-6-26/h1-4,9-10H,5-8,11H2,(H,25,27). The Hall–Kier alpha value is -2.05. The van der Waals surface area contributed by atoms with Crippen molar-refractivity contribution < 1.29 is 35.9 Å². The fourth-order valence-corrected chi connectivity index (χ4v) is 4.81. The lowest BCUT2D eigenvalue weighted by molar-refractivity contribution is -0.137. The summed E-state index contributed by atoms with van der Waals surface area (Å²) in [5.41, 5.74) is -1.20. The molecule has 1 fully saturated rings. The third-order valence-corrected chi connectivity index (χ3v) is 6.95. The number of benzene rings is 2. The molecule has 0 radical (unpaired) electrons. The molecule has 7 nitrogen and oxygen atoms in total. The van der Waals surface area contributed by atoms with Gasteiger partial charge in [0.1, 0.15) is 5.75 Å². The van der Waals surface area contributed by atoms with E-state index >= 15 is 0 Å². The molecule has 32 heavy (non-hydrogen) atoms. The quantitative estimate of drug-likeness (QED) is 0.630. The normalized spacial score (nSPS) is 15.4. The molecule has 0 atom stereocenters. The molecule has 2 aromatic carbocycles. The third kappa shape index (κ3) is 5.84. The van der Waals surface area contributed by atoms with Crippen LogP contribution in [0.5, 0.6) is 5.75 Å². The minimum absolute atomic E-state index is 0.0369. The third-order valence-electron chi connectivity index (χ3n) is 4.43.